The second-order valence-corrected chi connectivity index (χ2v) is 8.61. The number of aromatic nitrogens is 1. The number of piperidine rings is 1. The Morgan fingerprint density at radius 3 is 2.59 bits per heavy atom. The van der Waals surface area contributed by atoms with Crippen molar-refractivity contribution in [3.63, 3.8) is 0 Å². The molecule has 5 nitrogen and oxygen atoms in total. The number of nitrogens with zero attached hydrogens (tertiary/aromatic N) is 2. The summed E-state index contributed by atoms with van der Waals surface area (Å²) in [5, 5.41) is 6.38. The van der Waals surface area contributed by atoms with Crippen LogP contribution in [0, 0.1) is 11.8 Å². The van der Waals surface area contributed by atoms with Crippen molar-refractivity contribution < 1.29 is 9.59 Å². The van der Waals surface area contributed by atoms with Gasteiger partial charge in [0.05, 0.1) is 10.7 Å². The molecule has 0 atom stereocenters. The Morgan fingerprint density at radius 1 is 1.26 bits per heavy atom. The van der Waals surface area contributed by atoms with Gasteiger partial charge in [-0.15, -0.1) is 11.3 Å². The number of hydrogen-bond acceptors (Lipinski definition) is 4. The van der Waals surface area contributed by atoms with Gasteiger partial charge in [-0.2, -0.15) is 0 Å². The predicted octanol–water partition coefficient (Wildman–Crippen LogP) is 4.95. The molecule has 1 aliphatic heterocycles. The van der Waals surface area contributed by atoms with E-state index >= 15 is 0 Å². The van der Waals surface area contributed by atoms with Crippen LogP contribution in [0.3, 0.4) is 0 Å². The summed E-state index contributed by atoms with van der Waals surface area (Å²) in [6, 6.07) is 5.24. The molecule has 3 rings (SSSR count). The minimum Gasteiger partial charge on any atom is -0.342 e. The van der Waals surface area contributed by atoms with E-state index in [1.165, 1.54) is 11.3 Å². The number of halogens is 2. The van der Waals surface area contributed by atoms with Crippen LogP contribution in [0.2, 0.25) is 10.0 Å². The normalized spacial score (nSPS) is 15.2. The first-order valence-corrected chi connectivity index (χ1v) is 10.5. The molecule has 0 aliphatic carbocycles. The minimum absolute atomic E-state index is 0.0104. The third-order valence-corrected chi connectivity index (χ3v) is 5.92. The highest BCUT2D eigenvalue weighted by atomic mass is 35.5. The molecule has 1 aromatic heterocycles. The molecule has 1 saturated heterocycles. The molecule has 1 fully saturated rings. The van der Waals surface area contributed by atoms with Crippen molar-refractivity contribution in [3.8, 4) is 11.3 Å². The molecule has 2 heterocycles. The van der Waals surface area contributed by atoms with Crippen LogP contribution in [0.25, 0.3) is 11.3 Å². The molecule has 1 N–H and O–H groups in total. The standard InChI is InChI=1S/C19H21Cl2N3O2S/c1-11(2)18(26)24-7-5-12(6-8-24)17(25)23-19-22-16(10-27-19)14-4-3-13(20)9-15(14)21/h3-4,9-12H,5-8H2,1-2H3,(H,22,23,25). The molecule has 1 aromatic carbocycles. The second-order valence-electron chi connectivity index (χ2n) is 6.91. The lowest BCUT2D eigenvalue weighted by molar-refractivity contribution is -0.137. The Labute approximate surface area is 172 Å². The molecule has 0 spiro atoms. The molecule has 8 heteroatoms. The van der Waals surface area contributed by atoms with E-state index in [9.17, 15) is 9.59 Å². The van der Waals surface area contributed by atoms with E-state index in [0.29, 0.717) is 46.8 Å². The van der Waals surface area contributed by atoms with E-state index in [0.717, 1.165) is 5.56 Å². The molecule has 1 aliphatic rings. The molecule has 2 amide bonds. The number of carbonyl (C=O) groups is 2. The fourth-order valence-electron chi connectivity index (χ4n) is 3.09. The average molecular weight is 426 g/mol. The van der Waals surface area contributed by atoms with Crippen LogP contribution in [-0.2, 0) is 9.59 Å². The Morgan fingerprint density at radius 2 is 1.96 bits per heavy atom. The van der Waals surface area contributed by atoms with Crippen molar-refractivity contribution in [2.45, 2.75) is 26.7 Å². The molecular weight excluding hydrogens is 405 g/mol. The van der Waals surface area contributed by atoms with Gasteiger partial charge in [0.2, 0.25) is 11.8 Å². The van der Waals surface area contributed by atoms with Crippen molar-refractivity contribution >= 4 is 51.5 Å². The number of amides is 2. The fourth-order valence-corrected chi connectivity index (χ4v) is 4.31. The van der Waals surface area contributed by atoms with Gasteiger partial charge in [-0.25, -0.2) is 4.98 Å². The first kappa shape index (κ1) is 20.1. The number of nitrogens with one attached hydrogen (secondary N) is 1. The molecule has 0 radical (unpaired) electrons. The maximum absolute atomic E-state index is 12.5. The summed E-state index contributed by atoms with van der Waals surface area (Å²) in [7, 11) is 0. The molecule has 144 valence electrons. The number of benzene rings is 1. The van der Waals surface area contributed by atoms with E-state index in [4.69, 9.17) is 23.2 Å². The van der Waals surface area contributed by atoms with Crippen molar-refractivity contribution in [1.29, 1.82) is 0 Å². The van der Waals surface area contributed by atoms with Crippen LogP contribution in [0.4, 0.5) is 5.13 Å². The molecule has 2 aromatic rings. The zero-order valence-electron chi connectivity index (χ0n) is 15.2. The molecule has 0 unspecified atom stereocenters. The van der Waals surface area contributed by atoms with Gasteiger partial charge in [0.1, 0.15) is 0 Å². The SMILES string of the molecule is CC(C)C(=O)N1CCC(C(=O)Nc2nc(-c3ccc(Cl)cc3Cl)cs2)CC1. The van der Waals surface area contributed by atoms with Crippen LogP contribution in [-0.4, -0.2) is 34.8 Å². The summed E-state index contributed by atoms with van der Waals surface area (Å²) in [4.78, 5) is 30.9. The molecule has 0 saturated carbocycles. The topological polar surface area (TPSA) is 62.3 Å². The van der Waals surface area contributed by atoms with E-state index in [1.54, 1.807) is 12.1 Å². The summed E-state index contributed by atoms with van der Waals surface area (Å²) in [6.45, 7) is 5.04. The summed E-state index contributed by atoms with van der Waals surface area (Å²) < 4.78 is 0. The van der Waals surface area contributed by atoms with Crippen molar-refractivity contribution in [2.75, 3.05) is 18.4 Å². The van der Waals surface area contributed by atoms with Gasteiger partial charge in [0.15, 0.2) is 5.13 Å². The third kappa shape index (κ3) is 4.81. The van der Waals surface area contributed by atoms with E-state index in [1.807, 2.05) is 30.2 Å². The smallest absolute Gasteiger partial charge is 0.229 e. The van der Waals surface area contributed by atoms with E-state index in [-0.39, 0.29) is 23.7 Å². The quantitative estimate of drug-likeness (QED) is 0.753. The van der Waals surface area contributed by atoms with Crippen LogP contribution in [0.1, 0.15) is 26.7 Å². The van der Waals surface area contributed by atoms with Gasteiger partial charge in [0, 0.05) is 40.9 Å². The minimum atomic E-state index is -0.104. The first-order chi connectivity index (χ1) is 12.8. The Kier molecular flexibility index (Phi) is 6.40. The zero-order chi connectivity index (χ0) is 19.6. The highest BCUT2D eigenvalue weighted by molar-refractivity contribution is 7.14. The Bertz CT molecular complexity index is 845. The number of carbonyl (C=O) groups excluding carboxylic acids is 2. The maximum Gasteiger partial charge on any atom is 0.229 e. The highest BCUT2D eigenvalue weighted by Crippen LogP contribution is 2.32. The van der Waals surface area contributed by atoms with Crippen molar-refractivity contribution in [3.05, 3.63) is 33.6 Å². The molecule has 0 bridgehead atoms. The number of anilines is 1. The lowest BCUT2D eigenvalue weighted by atomic mass is 9.95. The summed E-state index contributed by atoms with van der Waals surface area (Å²) in [5.41, 5.74) is 1.48. The van der Waals surface area contributed by atoms with Crippen LogP contribution < -0.4 is 5.32 Å². The average Bonchev–Trinajstić information content (AvgIpc) is 3.09. The van der Waals surface area contributed by atoms with E-state index in [2.05, 4.69) is 10.3 Å². The van der Waals surface area contributed by atoms with Gasteiger partial charge in [-0.3, -0.25) is 9.59 Å². The van der Waals surface area contributed by atoms with Crippen molar-refractivity contribution in [1.82, 2.24) is 9.88 Å². The van der Waals surface area contributed by atoms with Gasteiger partial charge < -0.3 is 10.2 Å². The zero-order valence-corrected chi connectivity index (χ0v) is 17.5. The van der Waals surface area contributed by atoms with Gasteiger partial charge in [0.25, 0.3) is 0 Å². The maximum atomic E-state index is 12.5. The summed E-state index contributed by atoms with van der Waals surface area (Å²) in [5.74, 6) is -0.00972. The van der Waals surface area contributed by atoms with Crippen molar-refractivity contribution in [2.24, 2.45) is 11.8 Å². The number of likely N-dealkylation sites (tertiary alicyclic amines) is 1. The lowest BCUT2D eigenvalue weighted by Gasteiger charge is -2.32. The van der Waals surface area contributed by atoms with Gasteiger partial charge in [-0.05, 0) is 31.0 Å². The van der Waals surface area contributed by atoms with Crippen LogP contribution in [0.5, 0.6) is 0 Å². The Balaban J connectivity index is 1.59. The van der Waals surface area contributed by atoms with Gasteiger partial charge >= 0.3 is 0 Å². The molecular formula is C19H21Cl2N3O2S. The summed E-state index contributed by atoms with van der Waals surface area (Å²) in [6.07, 6.45) is 1.34. The largest absolute Gasteiger partial charge is 0.342 e. The number of thiazole rings is 1. The third-order valence-electron chi connectivity index (χ3n) is 4.61. The van der Waals surface area contributed by atoms with Gasteiger partial charge in [-0.1, -0.05) is 37.0 Å². The van der Waals surface area contributed by atoms with Crippen LogP contribution >= 0.6 is 34.5 Å². The molecule has 27 heavy (non-hydrogen) atoms. The lowest BCUT2D eigenvalue weighted by Crippen LogP contribution is -2.43. The Hall–Kier alpha value is -1.63. The summed E-state index contributed by atoms with van der Waals surface area (Å²) >= 11 is 13.5. The first-order valence-electron chi connectivity index (χ1n) is 8.85. The van der Waals surface area contributed by atoms with Crippen LogP contribution in [0.15, 0.2) is 23.6 Å². The van der Waals surface area contributed by atoms with E-state index < -0.39 is 0 Å². The monoisotopic (exact) mass is 425 g/mol. The predicted molar refractivity (Wildman–Crippen MR) is 110 cm³/mol. The number of rotatable bonds is 4. The second kappa shape index (κ2) is 8.59. The highest BCUT2D eigenvalue weighted by Gasteiger charge is 2.28. The number of hydrogen-bond donors (Lipinski definition) is 1. The fraction of sp³-hybridized carbons (Fsp3) is 0.421.